The second-order valence-corrected chi connectivity index (χ2v) is 5.27. The van der Waals surface area contributed by atoms with Crippen molar-refractivity contribution < 1.29 is 0 Å². The molecule has 0 aliphatic rings. The van der Waals surface area contributed by atoms with Crippen LogP contribution in [0, 0.1) is 6.92 Å². The quantitative estimate of drug-likeness (QED) is 0.726. The predicted octanol–water partition coefficient (Wildman–Crippen LogP) is 3.39. The average molecular weight is 302 g/mol. The fraction of sp³-hybridized carbons (Fsp3) is 0.143. The van der Waals surface area contributed by atoms with Crippen LogP contribution in [0.5, 0.6) is 0 Å². The van der Waals surface area contributed by atoms with Gasteiger partial charge in [-0.2, -0.15) is 0 Å². The van der Waals surface area contributed by atoms with E-state index in [1.54, 1.807) is 0 Å². The number of rotatable bonds is 2. The molecule has 90 valence electrons. The molecule has 2 heterocycles. The molecule has 18 heavy (non-hydrogen) atoms. The molecule has 0 radical (unpaired) electrons. The van der Waals surface area contributed by atoms with Crippen molar-refractivity contribution in [2.24, 2.45) is 0 Å². The van der Waals surface area contributed by atoms with Crippen LogP contribution in [0.15, 0.2) is 47.1 Å². The van der Waals surface area contributed by atoms with E-state index in [9.17, 15) is 0 Å². The number of pyridine rings is 1. The van der Waals surface area contributed by atoms with Gasteiger partial charge in [0.15, 0.2) is 5.65 Å². The van der Waals surface area contributed by atoms with Gasteiger partial charge < -0.3 is 0 Å². The summed E-state index contributed by atoms with van der Waals surface area (Å²) in [4.78, 5) is 0. The fourth-order valence-corrected chi connectivity index (χ4v) is 2.36. The molecule has 2 aromatic heterocycles. The number of aromatic nitrogens is 3. The van der Waals surface area contributed by atoms with Crippen LogP contribution in [0.2, 0.25) is 0 Å². The van der Waals surface area contributed by atoms with Crippen LogP contribution in [0.25, 0.3) is 5.65 Å². The molecule has 3 rings (SSSR count). The summed E-state index contributed by atoms with van der Waals surface area (Å²) in [5.74, 6) is 0.961. The van der Waals surface area contributed by atoms with Crippen LogP contribution in [0.1, 0.15) is 17.0 Å². The summed E-state index contributed by atoms with van der Waals surface area (Å²) in [6, 6.07) is 12.4. The zero-order valence-electron chi connectivity index (χ0n) is 9.97. The largest absolute Gasteiger partial charge is 0.286 e. The normalized spacial score (nSPS) is 11.0. The fourth-order valence-electron chi connectivity index (χ4n) is 2.04. The number of nitrogens with zero attached hydrogens (tertiary/aromatic N) is 3. The van der Waals surface area contributed by atoms with E-state index >= 15 is 0 Å². The lowest BCUT2D eigenvalue weighted by Crippen LogP contribution is -1.96. The minimum Gasteiger partial charge on any atom is -0.286 e. The summed E-state index contributed by atoms with van der Waals surface area (Å²) in [6.45, 7) is 2.10. The Morgan fingerprint density at radius 3 is 2.89 bits per heavy atom. The molecule has 4 heteroatoms. The summed E-state index contributed by atoms with van der Waals surface area (Å²) in [6.07, 6.45) is 2.79. The summed E-state index contributed by atoms with van der Waals surface area (Å²) < 4.78 is 3.04. The molecule has 0 saturated heterocycles. The molecule has 1 aromatic carbocycles. The van der Waals surface area contributed by atoms with Crippen LogP contribution in [-0.4, -0.2) is 14.6 Å². The minimum absolute atomic E-state index is 0.796. The molecule has 3 aromatic rings. The Morgan fingerprint density at radius 1 is 1.17 bits per heavy atom. The van der Waals surface area contributed by atoms with E-state index in [1.165, 1.54) is 11.1 Å². The summed E-state index contributed by atoms with van der Waals surface area (Å²) >= 11 is 3.44. The van der Waals surface area contributed by atoms with Gasteiger partial charge in [0.25, 0.3) is 0 Å². The van der Waals surface area contributed by atoms with Crippen LogP contribution < -0.4 is 0 Å². The van der Waals surface area contributed by atoms with Crippen LogP contribution in [0.4, 0.5) is 0 Å². The van der Waals surface area contributed by atoms with Crippen molar-refractivity contribution >= 4 is 21.6 Å². The molecule has 0 aliphatic carbocycles. The first-order valence-corrected chi connectivity index (χ1v) is 6.56. The van der Waals surface area contributed by atoms with E-state index in [1.807, 2.05) is 22.7 Å². The maximum Gasteiger partial charge on any atom is 0.161 e. The lowest BCUT2D eigenvalue weighted by molar-refractivity contribution is 0.933. The SMILES string of the molecule is Cc1cccc(Cc2nnc3cc(Br)ccn23)c1. The van der Waals surface area contributed by atoms with Gasteiger partial charge in [0, 0.05) is 17.1 Å². The Hall–Kier alpha value is -1.68. The van der Waals surface area contributed by atoms with Crippen LogP contribution in [-0.2, 0) is 6.42 Å². The number of fused-ring (bicyclic) bond motifs is 1. The number of hydrogen-bond donors (Lipinski definition) is 0. The van der Waals surface area contributed by atoms with E-state index in [0.29, 0.717) is 0 Å². The summed E-state index contributed by atoms with van der Waals surface area (Å²) in [5.41, 5.74) is 3.39. The van der Waals surface area contributed by atoms with Crippen molar-refractivity contribution in [3.63, 3.8) is 0 Å². The smallest absolute Gasteiger partial charge is 0.161 e. The Kier molecular flexibility index (Phi) is 2.88. The lowest BCUT2D eigenvalue weighted by atomic mass is 10.1. The van der Waals surface area contributed by atoms with Gasteiger partial charge in [-0.3, -0.25) is 4.40 Å². The van der Waals surface area contributed by atoms with Crippen molar-refractivity contribution in [2.45, 2.75) is 13.3 Å². The molecule has 0 amide bonds. The standard InChI is InChI=1S/C14H12BrN3/c1-10-3-2-4-11(7-10)8-13-16-17-14-9-12(15)5-6-18(13)14/h2-7,9H,8H2,1H3. The maximum atomic E-state index is 4.25. The molecule has 0 saturated carbocycles. The highest BCUT2D eigenvalue weighted by atomic mass is 79.9. The van der Waals surface area contributed by atoms with E-state index in [4.69, 9.17) is 0 Å². The topological polar surface area (TPSA) is 30.2 Å². The minimum atomic E-state index is 0.796. The van der Waals surface area contributed by atoms with Crippen LogP contribution >= 0.6 is 15.9 Å². The third-order valence-corrected chi connectivity index (χ3v) is 3.38. The van der Waals surface area contributed by atoms with Gasteiger partial charge in [-0.15, -0.1) is 10.2 Å². The van der Waals surface area contributed by atoms with Crippen molar-refractivity contribution in [3.8, 4) is 0 Å². The van der Waals surface area contributed by atoms with Gasteiger partial charge in [-0.25, -0.2) is 0 Å². The monoisotopic (exact) mass is 301 g/mol. The molecule has 0 bridgehead atoms. The molecular weight excluding hydrogens is 290 g/mol. The molecule has 0 N–H and O–H groups in total. The third kappa shape index (κ3) is 2.16. The van der Waals surface area contributed by atoms with E-state index in [2.05, 4.69) is 57.3 Å². The second kappa shape index (κ2) is 4.53. The van der Waals surface area contributed by atoms with Gasteiger partial charge >= 0.3 is 0 Å². The molecule has 0 atom stereocenters. The molecular formula is C14H12BrN3. The molecule has 0 unspecified atom stereocenters. The highest BCUT2D eigenvalue weighted by Gasteiger charge is 2.06. The Bertz CT molecular complexity index is 703. The van der Waals surface area contributed by atoms with Crippen molar-refractivity contribution in [2.75, 3.05) is 0 Å². The zero-order chi connectivity index (χ0) is 12.5. The lowest BCUT2D eigenvalue weighted by Gasteiger charge is -2.02. The summed E-state index contributed by atoms with van der Waals surface area (Å²) in [7, 11) is 0. The first-order valence-electron chi connectivity index (χ1n) is 5.77. The molecule has 0 spiro atoms. The second-order valence-electron chi connectivity index (χ2n) is 4.36. The van der Waals surface area contributed by atoms with E-state index in [-0.39, 0.29) is 0 Å². The van der Waals surface area contributed by atoms with Gasteiger partial charge in [-0.1, -0.05) is 45.8 Å². The van der Waals surface area contributed by atoms with Gasteiger partial charge in [0.2, 0.25) is 0 Å². The Balaban J connectivity index is 2.00. The summed E-state index contributed by atoms with van der Waals surface area (Å²) in [5, 5.41) is 8.43. The first kappa shape index (κ1) is 11.4. The maximum absolute atomic E-state index is 4.25. The van der Waals surface area contributed by atoms with Crippen molar-refractivity contribution in [1.82, 2.24) is 14.6 Å². The Morgan fingerprint density at radius 2 is 2.06 bits per heavy atom. The highest BCUT2D eigenvalue weighted by molar-refractivity contribution is 9.10. The average Bonchev–Trinajstić information content (AvgIpc) is 2.72. The Labute approximate surface area is 114 Å². The van der Waals surface area contributed by atoms with Gasteiger partial charge in [-0.05, 0) is 24.6 Å². The first-order chi connectivity index (χ1) is 8.72. The molecule has 0 fully saturated rings. The molecule has 0 aliphatic heterocycles. The van der Waals surface area contributed by atoms with E-state index in [0.717, 1.165) is 22.4 Å². The third-order valence-electron chi connectivity index (χ3n) is 2.89. The predicted molar refractivity (Wildman–Crippen MR) is 74.7 cm³/mol. The highest BCUT2D eigenvalue weighted by Crippen LogP contribution is 2.15. The van der Waals surface area contributed by atoms with E-state index < -0.39 is 0 Å². The van der Waals surface area contributed by atoms with Gasteiger partial charge in [0.1, 0.15) is 5.82 Å². The van der Waals surface area contributed by atoms with Gasteiger partial charge in [0.05, 0.1) is 0 Å². The number of halogens is 1. The van der Waals surface area contributed by atoms with Crippen LogP contribution in [0.3, 0.4) is 0 Å². The number of benzene rings is 1. The zero-order valence-corrected chi connectivity index (χ0v) is 11.6. The number of aryl methyl sites for hydroxylation is 1. The number of hydrogen-bond acceptors (Lipinski definition) is 2. The van der Waals surface area contributed by atoms with Crippen molar-refractivity contribution in [3.05, 3.63) is 64.0 Å². The van der Waals surface area contributed by atoms with Crippen molar-refractivity contribution in [1.29, 1.82) is 0 Å². The molecule has 3 nitrogen and oxygen atoms in total.